The number of hydrogen-bond acceptors (Lipinski definition) is 4. The summed E-state index contributed by atoms with van der Waals surface area (Å²) in [6, 6.07) is 0. The summed E-state index contributed by atoms with van der Waals surface area (Å²) in [4.78, 5) is 0. The third-order valence-electron chi connectivity index (χ3n) is 2.51. The second-order valence-corrected chi connectivity index (χ2v) is 3.39. The summed E-state index contributed by atoms with van der Waals surface area (Å²) in [7, 11) is 3.71. The molecule has 0 bridgehead atoms. The topological polar surface area (TPSA) is 59.4 Å². The Morgan fingerprint density at radius 1 is 1.36 bits per heavy atom. The highest BCUT2D eigenvalue weighted by Crippen LogP contribution is 2.27. The maximum absolute atomic E-state index is 5.77. The fourth-order valence-electron chi connectivity index (χ4n) is 1.56. The quantitative estimate of drug-likeness (QED) is 0.640. The van der Waals surface area contributed by atoms with Crippen LogP contribution in [-0.2, 0) is 7.05 Å². The summed E-state index contributed by atoms with van der Waals surface area (Å²) in [5.41, 5.74) is 9.37. The first-order chi connectivity index (χ1) is 6.52. The first-order valence-electron chi connectivity index (χ1n) is 4.33. The highest BCUT2D eigenvalue weighted by Gasteiger charge is 2.24. The number of rotatable bonds is 0. The van der Waals surface area contributed by atoms with Gasteiger partial charge in [0.2, 0.25) is 0 Å². The van der Waals surface area contributed by atoms with Crippen molar-refractivity contribution in [1.82, 2.24) is 14.8 Å². The Balaban J connectivity index is 2.72. The van der Waals surface area contributed by atoms with Gasteiger partial charge in [0, 0.05) is 19.8 Å². The Bertz CT molecular complexity index is 440. The number of nitrogens with two attached hydrogens (primary N) is 1. The second kappa shape index (κ2) is 2.60. The molecule has 1 aliphatic heterocycles. The summed E-state index contributed by atoms with van der Waals surface area (Å²) >= 11 is 0. The summed E-state index contributed by atoms with van der Waals surface area (Å²) in [6.45, 7) is 5.94. The Hall–Kier alpha value is -1.78. The number of nitrogens with zero attached hydrogens (tertiary/aromatic N) is 4. The minimum atomic E-state index is 0.443. The van der Waals surface area contributed by atoms with Gasteiger partial charge in [-0.3, -0.25) is 9.69 Å². The molecule has 1 aromatic rings. The molecule has 0 spiro atoms. The van der Waals surface area contributed by atoms with Crippen LogP contribution >= 0.6 is 0 Å². The molecule has 2 heterocycles. The van der Waals surface area contributed by atoms with Crippen molar-refractivity contribution in [2.24, 2.45) is 17.9 Å². The smallest absolute Gasteiger partial charge is 0.172 e. The Labute approximate surface area is 82.5 Å². The van der Waals surface area contributed by atoms with Crippen molar-refractivity contribution >= 4 is 11.5 Å². The zero-order valence-corrected chi connectivity index (χ0v) is 8.57. The van der Waals surface area contributed by atoms with Crippen LogP contribution in [0.1, 0.15) is 17.0 Å². The number of aryl methyl sites for hydroxylation is 1. The largest absolute Gasteiger partial charge is 0.380 e. The average Bonchev–Trinajstić information content (AvgIpc) is 2.41. The van der Waals surface area contributed by atoms with Crippen LogP contribution < -0.4 is 5.73 Å². The van der Waals surface area contributed by atoms with E-state index in [0.717, 1.165) is 22.6 Å². The Morgan fingerprint density at radius 3 is 2.64 bits per heavy atom. The van der Waals surface area contributed by atoms with Crippen LogP contribution in [0.3, 0.4) is 0 Å². The number of hydrazone groups is 1. The standard InChI is InChI=1S/C9H13N5/c1-5-7-6(2)14(4)12-9(10)8(7)11-13(5)3/h2H2,1,3-4H3,(H2,10,12). The third kappa shape index (κ3) is 0.951. The fraction of sp³-hybridized carbons (Fsp3) is 0.333. The highest BCUT2D eigenvalue weighted by atomic mass is 15.5. The predicted molar refractivity (Wildman–Crippen MR) is 55.5 cm³/mol. The normalized spacial score (nSPS) is 15.5. The van der Waals surface area contributed by atoms with Gasteiger partial charge in [-0.1, -0.05) is 6.58 Å². The number of aromatic nitrogens is 2. The summed E-state index contributed by atoms with van der Waals surface area (Å²) < 4.78 is 1.79. The number of amidine groups is 1. The predicted octanol–water partition coefficient (Wildman–Crippen LogP) is 0.265. The van der Waals surface area contributed by atoms with Crippen LogP contribution in [0.15, 0.2) is 11.7 Å². The van der Waals surface area contributed by atoms with Gasteiger partial charge < -0.3 is 5.73 Å². The zero-order chi connectivity index (χ0) is 10.5. The lowest BCUT2D eigenvalue weighted by molar-refractivity contribution is 0.511. The van der Waals surface area contributed by atoms with E-state index in [-0.39, 0.29) is 0 Å². The van der Waals surface area contributed by atoms with Gasteiger partial charge in [-0.15, -0.1) is 0 Å². The van der Waals surface area contributed by atoms with Crippen LogP contribution in [-0.4, -0.2) is 27.7 Å². The maximum Gasteiger partial charge on any atom is 0.172 e. The molecule has 2 N–H and O–H groups in total. The molecule has 14 heavy (non-hydrogen) atoms. The van der Waals surface area contributed by atoms with Crippen LogP contribution in [0.5, 0.6) is 0 Å². The monoisotopic (exact) mass is 191 g/mol. The van der Waals surface area contributed by atoms with Crippen molar-refractivity contribution in [2.75, 3.05) is 7.05 Å². The van der Waals surface area contributed by atoms with Gasteiger partial charge in [0.25, 0.3) is 0 Å². The van der Waals surface area contributed by atoms with E-state index in [0.29, 0.717) is 5.84 Å². The molecule has 74 valence electrons. The molecule has 0 aromatic carbocycles. The average molecular weight is 191 g/mol. The van der Waals surface area contributed by atoms with Crippen LogP contribution in [0.25, 0.3) is 5.70 Å². The molecule has 5 nitrogen and oxygen atoms in total. The Morgan fingerprint density at radius 2 is 2.00 bits per heavy atom. The van der Waals surface area contributed by atoms with Crippen LogP contribution in [0, 0.1) is 6.92 Å². The van der Waals surface area contributed by atoms with Gasteiger partial charge in [0.15, 0.2) is 5.84 Å². The lowest BCUT2D eigenvalue weighted by Crippen LogP contribution is -2.26. The van der Waals surface area contributed by atoms with Crippen molar-refractivity contribution in [3.05, 3.63) is 23.5 Å². The summed E-state index contributed by atoms with van der Waals surface area (Å²) in [6.07, 6.45) is 0. The van der Waals surface area contributed by atoms with Gasteiger partial charge >= 0.3 is 0 Å². The molecule has 0 saturated carbocycles. The molecule has 5 heteroatoms. The third-order valence-corrected chi connectivity index (χ3v) is 2.51. The van der Waals surface area contributed by atoms with E-state index in [2.05, 4.69) is 16.8 Å². The van der Waals surface area contributed by atoms with Crippen LogP contribution in [0.4, 0.5) is 0 Å². The molecule has 1 aliphatic rings. The molecular weight excluding hydrogens is 178 g/mol. The number of hydrogen-bond donors (Lipinski definition) is 1. The molecular formula is C9H13N5. The fourth-order valence-corrected chi connectivity index (χ4v) is 1.56. The maximum atomic E-state index is 5.77. The zero-order valence-electron chi connectivity index (χ0n) is 8.57. The molecule has 0 radical (unpaired) electrons. The van der Waals surface area contributed by atoms with Gasteiger partial charge in [-0.25, -0.2) is 0 Å². The molecule has 0 saturated heterocycles. The van der Waals surface area contributed by atoms with Crippen molar-refractivity contribution in [3.63, 3.8) is 0 Å². The van der Waals surface area contributed by atoms with E-state index in [9.17, 15) is 0 Å². The summed E-state index contributed by atoms with van der Waals surface area (Å²) in [5, 5.41) is 10.1. The molecule has 0 fully saturated rings. The molecule has 0 amide bonds. The highest BCUT2D eigenvalue weighted by molar-refractivity contribution is 6.02. The SMILES string of the molecule is C=C1c2c(nn(C)c2C)C(N)=NN1C. The van der Waals surface area contributed by atoms with E-state index in [4.69, 9.17) is 5.73 Å². The van der Waals surface area contributed by atoms with Gasteiger partial charge in [-0.05, 0) is 6.92 Å². The lowest BCUT2D eigenvalue weighted by atomic mass is 10.1. The molecule has 0 unspecified atom stereocenters. The van der Waals surface area contributed by atoms with Crippen molar-refractivity contribution < 1.29 is 0 Å². The second-order valence-electron chi connectivity index (χ2n) is 3.39. The van der Waals surface area contributed by atoms with Crippen molar-refractivity contribution in [3.8, 4) is 0 Å². The molecule has 1 aromatic heterocycles. The molecule has 2 rings (SSSR count). The lowest BCUT2D eigenvalue weighted by Gasteiger charge is -2.21. The Kier molecular flexibility index (Phi) is 1.64. The number of fused-ring (bicyclic) bond motifs is 1. The molecule has 0 atom stereocenters. The van der Waals surface area contributed by atoms with Gasteiger partial charge in [-0.2, -0.15) is 10.2 Å². The van der Waals surface area contributed by atoms with E-state index < -0.39 is 0 Å². The van der Waals surface area contributed by atoms with E-state index in [1.807, 2.05) is 21.0 Å². The van der Waals surface area contributed by atoms with Crippen molar-refractivity contribution in [2.45, 2.75) is 6.92 Å². The first-order valence-corrected chi connectivity index (χ1v) is 4.33. The van der Waals surface area contributed by atoms with Crippen molar-refractivity contribution in [1.29, 1.82) is 0 Å². The van der Waals surface area contributed by atoms with E-state index in [1.54, 1.807) is 9.69 Å². The van der Waals surface area contributed by atoms with Gasteiger partial charge in [0.05, 0.1) is 11.3 Å². The van der Waals surface area contributed by atoms with E-state index in [1.165, 1.54) is 0 Å². The van der Waals surface area contributed by atoms with Gasteiger partial charge in [0.1, 0.15) is 5.69 Å². The van der Waals surface area contributed by atoms with Crippen LogP contribution in [0.2, 0.25) is 0 Å². The first kappa shape index (κ1) is 8.80. The minimum absolute atomic E-state index is 0.443. The van der Waals surface area contributed by atoms with E-state index >= 15 is 0 Å². The molecule has 0 aliphatic carbocycles. The summed E-state index contributed by atoms with van der Waals surface area (Å²) in [5.74, 6) is 0.443. The minimum Gasteiger partial charge on any atom is -0.380 e.